The fourth-order valence-corrected chi connectivity index (χ4v) is 1.76. The third kappa shape index (κ3) is 5.53. The zero-order valence-corrected chi connectivity index (χ0v) is 9.84. The van der Waals surface area contributed by atoms with Crippen molar-refractivity contribution in [3.8, 4) is 0 Å². The fourth-order valence-electron chi connectivity index (χ4n) is 1.76. The molecule has 1 rings (SSSR count). The van der Waals surface area contributed by atoms with Crippen molar-refractivity contribution in [1.29, 1.82) is 0 Å². The van der Waals surface area contributed by atoms with Crippen molar-refractivity contribution in [3.63, 3.8) is 0 Å². The van der Waals surface area contributed by atoms with Crippen LogP contribution in [0.4, 0.5) is 0 Å². The van der Waals surface area contributed by atoms with Gasteiger partial charge in [0.2, 0.25) is 11.8 Å². The molecule has 0 bridgehead atoms. The highest BCUT2D eigenvalue weighted by Gasteiger charge is 2.05. The van der Waals surface area contributed by atoms with E-state index in [0.29, 0.717) is 6.54 Å². The van der Waals surface area contributed by atoms with E-state index in [1.54, 1.807) is 0 Å². The fraction of sp³-hybridized carbons (Fsp3) is 0.667. The van der Waals surface area contributed by atoms with Crippen molar-refractivity contribution in [2.45, 2.75) is 39.0 Å². The van der Waals surface area contributed by atoms with E-state index in [0.717, 1.165) is 6.42 Å². The molecule has 0 saturated heterocycles. The largest absolute Gasteiger partial charge is 0.354 e. The van der Waals surface area contributed by atoms with E-state index in [1.165, 1.54) is 38.2 Å². The second kappa shape index (κ2) is 7.04. The highest BCUT2D eigenvalue weighted by atomic mass is 16.2. The van der Waals surface area contributed by atoms with Crippen LogP contribution in [-0.4, -0.2) is 24.9 Å². The number of nitrogens with one attached hydrogen (secondary N) is 2. The lowest BCUT2D eigenvalue weighted by Gasteiger charge is -2.12. The lowest BCUT2D eigenvalue weighted by atomic mass is 9.97. The van der Waals surface area contributed by atoms with E-state index >= 15 is 0 Å². The molecule has 0 aromatic carbocycles. The van der Waals surface area contributed by atoms with Gasteiger partial charge in [-0.15, -0.1) is 0 Å². The number of hydrogen-bond acceptors (Lipinski definition) is 2. The van der Waals surface area contributed by atoms with Crippen LogP contribution in [0.25, 0.3) is 0 Å². The SMILES string of the molecule is CC(=O)NCC(=O)NCCC1=CCCCC1. The summed E-state index contributed by atoms with van der Waals surface area (Å²) < 4.78 is 0. The van der Waals surface area contributed by atoms with E-state index in [4.69, 9.17) is 0 Å². The van der Waals surface area contributed by atoms with Crippen molar-refractivity contribution in [2.24, 2.45) is 0 Å². The maximum absolute atomic E-state index is 11.2. The summed E-state index contributed by atoms with van der Waals surface area (Å²) in [6.07, 6.45) is 8.12. The second-order valence-electron chi connectivity index (χ2n) is 4.12. The van der Waals surface area contributed by atoms with Crippen molar-refractivity contribution in [1.82, 2.24) is 10.6 Å². The maximum atomic E-state index is 11.2. The molecule has 0 aliphatic heterocycles. The Kier molecular flexibility index (Phi) is 5.61. The van der Waals surface area contributed by atoms with Crippen molar-refractivity contribution >= 4 is 11.8 Å². The lowest BCUT2D eigenvalue weighted by Crippen LogP contribution is -2.36. The molecule has 0 unspecified atom stereocenters. The third-order valence-electron chi connectivity index (χ3n) is 2.65. The third-order valence-corrected chi connectivity index (χ3v) is 2.65. The summed E-state index contributed by atoms with van der Waals surface area (Å²) in [5.41, 5.74) is 1.45. The molecule has 2 amide bonds. The summed E-state index contributed by atoms with van der Waals surface area (Å²) in [5.74, 6) is -0.295. The second-order valence-corrected chi connectivity index (χ2v) is 4.12. The van der Waals surface area contributed by atoms with Gasteiger partial charge >= 0.3 is 0 Å². The molecule has 16 heavy (non-hydrogen) atoms. The first-order chi connectivity index (χ1) is 7.68. The van der Waals surface area contributed by atoms with Gasteiger partial charge in [-0.05, 0) is 32.1 Å². The van der Waals surface area contributed by atoms with Crippen molar-refractivity contribution in [3.05, 3.63) is 11.6 Å². The molecular formula is C12H20N2O2. The number of allylic oxidation sites excluding steroid dienone is 1. The minimum absolute atomic E-state index is 0.0778. The topological polar surface area (TPSA) is 58.2 Å². The van der Waals surface area contributed by atoms with Crippen LogP contribution in [0, 0.1) is 0 Å². The Hall–Kier alpha value is -1.32. The zero-order chi connectivity index (χ0) is 11.8. The Bertz CT molecular complexity index is 285. The number of carbonyl (C=O) groups excluding carboxylic acids is 2. The molecule has 0 aromatic rings. The highest BCUT2D eigenvalue weighted by molar-refractivity contribution is 5.83. The Morgan fingerprint density at radius 3 is 2.75 bits per heavy atom. The average Bonchev–Trinajstić information content (AvgIpc) is 2.28. The first kappa shape index (κ1) is 12.7. The Balaban J connectivity index is 2.08. The van der Waals surface area contributed by atoms with Gasteiger partial charge in [0.15, 0.2) is 0 Å². The molecule has 0 saturated carbocycles. The van der Waals surface area contributed by atoms with Gasteiger partial charge in [-0.2, -0.15) is 0 Å². The molecule has 0 atom stereocenters. The van der Waals surface area contributed by atoms with E-state index in [2.05, 4.69) is 16.7 Å². The summed E-state index contributed by atoms with van der Waals surface area (Å²) in [6, 6.07) is 0. The Morgan fingerprint density at radius 2 is 2.12 bits per heavy atom. The molecule has 4 nitrogen and oxygen atoms in total. The smallest absolute Gasteiger partial charge is 0.239 e. The summed E-state index contributed by atoms with van der Waals surface area (Å²) >= 11 is 0. The van der Waals surface area contributed by atoms with E-state index < -0.39 is 0 Å². The first-order valence-electron chi connectivity index (χ1n) is 5.87. The van der Waals surface area contributed by atoms with Gasteiger partial charge in [0.1, 0.15) is 0 Å². The summed E-state index contributed by atoms with van der Waals surface area (Å²) in [5, 5.41) is 5.26. The molecular weight excluding hydrogens is 204 g/mol. The molecule has 2 N–H and O–H groups in total. The van der Waals surface area contributed by atoms with Gasteiger partial charge in [0.05, 0.1) is 6.54 Å². The van der Waals surface area contributed by atoms with Gasteiger partial charge in [-0.25, -0.2) is 0 Å². The van der Waals surface area contributed by atoms with Gasteiger partial charge in [0, 0.05) is 13.5 Å². The summed E-state index contributed by atoms with van der Waals surface area (Å²) in [4.78, 5) is 21.8. The van der Waals surface area contributed by atoms with E-state index in [1.807, 2.05) is 0 Å². The zero-order valence-electron chi connectivity index (χ0n) is 9.84. The molecule has 0 fully saturated rings. The Labute approximate surface area is 96.5 Å². The van der Waals surface area contributed by atoms with Crippen LogP contribution < -0.4 is 10.6 Å². The molecule has 90 valence electrons. The number of carbonyl (C=O) groups is 2. The number of hydrogen-bond donors (Lipinski definition) is 2. The minimum Gasteiger partial charge on any atom is -0.354 e. The Morgan fingerprint density at radius 1 is 1.31 bits per heavy atom. The van der Waals surface area contributed by atoms with Crippen LogP contribution in [0.15, 0.2) is 11.6 Å². The van der Waals surface area contributed by atoms with E-state index in [-0.39, 0.29) is 18.4 Å². The van der Waals surface area contributed by atoms with E-state index in [9.17, 15) is 9.59 Å². The van der Waals surface area contributed by atoms with Crippen LogP contribution >= 0.6 is 0 Å². The van der Waals surface area contributed by atoms with Crippen LogP contribution in [0.2, 0.25) is 0 Å². The quantitative estimate of drug-likeness (QED) is 0.688. The molecule has 0 spiro atoms. The molecule has 1 aliphatic rings. The van der Waals surface area contributed by atoms with Gasteiger partial charge < -0.3 is 10.6 Å². The summed E-state index contributed by atoms with van der Waals surface area (Å²) in [6.45, 7) is 2.15. The van der Waals surface area contributed by atoms with Crippen LogP contribution in [0.3, 0.4) is 0 Å². The molecule has 1 aliphatic carbocycles. The molecule has 0 heterocycles. The molecule has 0 radical (unpaired) electrons. The van der Waals surface area contributed by atoms with Gasteiger partial charge in [0.25, 0.3) is 0 Å². The molecule has 0 aromatic heterocycles. The number of amides is 2. The maximum Gasteiger partial charge on any atom is 0.239 e. The lowest BCUT2D eigenvalue weighted by molar-refractivity contribution is -0.125. The monoisotopic (exact) mass is 224 g/mol. The predicted molar refractivity (Wildman–Crippen MR) is 62.9 cm³/mol. The van der Waals surface area contributed by atoms with Crippen molar-refractivity contribution < 1.29 is 9.59 Å². The van der Waals surface area contributed by atoms with Gasteiger partial charge in [-0.3, -0.25) is 9.59 Å². The van der Waals surface area contributed by atoms with Crippen LogP contribution in [0.1, 0.15) is 39.0 Å². The predicted octanol–water partition coefficient (Wildman–Crippen LogP) is 1.13. The summed E-state index contributed by atoms with van der Waals surface area (Å²) in [7, 11) is 0. The standard InChI is InChI=1S/C12H20N2O2/c1-10(15)14-9-12(16)13-8-7-11-5-3-2-4-6-11/h5H,2-4,6-9H2,1H3,(H,13,16)(H,14,15). The first-order valence-corrected chi connectivity index (χ1v) is 5.87. The van der Waals surface area contributed by atoms with Crippen molar-refractivity contribution in [2.75, 3.05) is 13.1 Å². The van der Waals surface area contributed by atoms with Crippen LogP contribution in [0.5, 0.6) is 0 Å². The minimum atomic E-state index is -0.176. The van der Waals surface area contributed by atoms with Crippen LogP contribution in [-0.2, 0) is 9.59 Å². The normalized spacial score (nSPS) is 15.2. The number of rotatable bonds is 5. The highest BCUT2D eigenvalue weighted by Crippen LogP contribution is 2.19. The average molecular weight is 224 g/mol. The molecule has 4 heteroatoms. The van der Waals surface area contributed by atoms with Gasteiger partial charge in [-0.1, -0.05) is 11.6 Å².